The van der Waals surface area contributed by atoms with Gasteiger partial charge in [0.15, 0.2) is 0 Å². The highest BCUT2D eigenvalue weighted by molar-refractivity contribution is 7.15. The number of hydrogen-bond donors (Lipinski definition) is 0. The number of carbonyl (C=O) groups excluding carboxylic acids is 1. The lowest BCUT2D eigenvalue weighted by Gasteiger charge is -2.16. The van der Waals surface area contributed by atoms with E-state index in [1.54, 1.807) is 35.7 Å². The van der Waals surface area contributed by atoms with Crippen molar-refractivity contribution in [2.45, 2.75) is 19.8 Å². The minimum atomic E-state index is 0.0994. The van der Waals surface area contributed by atoms with Gasteiger partial charge in [0, 0.05) is 30.9 Å². The Labute approximate surface area is 163 Å². The summed E-state index contributed by atoms with van der Waals surface area (Å²) in [6.45, 7) is 2.63. The summed E-state index contributed by atoms with van der Waals surface area (Å²) in [5, 5.41) is 0.882. The molecule has 0 aliphatic heterocycles. The van der Waals surface area contributed by atoms with E-state index < -0.39 is 0 Å². The molecule has 1 aromatic carbocycles. The van der Waals surface area contributed by atoms with E-state index in [4.69, 9.17) is 4.74 Å². The number of rotatable bonds is 7. The molecule has 0 fully saturated rings. The van der Waals surface area contributed by atoms with Crippen LogP contribution >= 0.6 is 11.3 Å². The standard InChI is InChI=1S/C21H23N3O2S/c1-15-19(27-21(23-15)17-6-4-5-7-18(17)26-3)14-20(25)24(2)13-10-16-8-11-22-12-9-16/h4-9,11-12H,10,13-14H2,1-3H3. The lowest BCUT2D eigenvalue weighted by molar-refractivity contribution is -0.129. The highest BCUT2D eigenvalue weighted by Gasteiger charge is 2.17. The monoisotopic (exact) mass is 381 g/mol. The van der Waals surface area contributed by atoms with Gasteiger partial charge in [-0.1, -0.05) is 12.1 Å². The largest absolute Gasteiger partial charge is 0.496 e. The van der Waals surface area contributed by atoms with Gasteiger partial charge < -0.3 is 9.64 Å². The molecule has 2 heterocycles. The van der Waals surface area contributed by atoms with Crippen molar-refractivity contribution < 1.29 is 9.53 Å². The van der Waals surface area contributed by atoms with Gasteiger partial charge in [-0.3, -0.25) is 9.78 Å². The third-order valence-corrected chi connectivity index (χ3v) is 5.64. The van der Waals surface area contributed by atoms with Crippen molar-refractivity contribution in [1.29, 1.82) is 0 Å². The van der Waals surface area contributed by atoms with Crippen LogP contribution in [0.3, 0.4) is 0 Å². The summed E-state index contributed by atoms with van der Waals surface area (Å²) < 4.78 is 5.43. The van der Waals surface area contributed by atoms with Crippen LogP contribution in [0, 0.1) is 6.92 Å². The van der Waals surface area contributed by atoms with Crippen molar-refractivity contribution in [2.24, 2.45) is 0 Å². The number of amides is 1. The van der Waals surface area contributed by atoms with Crippen LogP contribution in [0.15, 0.2) is 48.8 Å². The van der Waals surface area contributed by atoms with E-state index >= 15 is 0 Å². The van der Waals surface area contributed by atoms with E-state index in [2.05, 4.69) is 9.97 Å². The number of ether oxygens (including phenoxy) is 1. The molecule has 0 bridgehead atoms. The molecule has 0 aliphatic carbocycles. The Morgan fingerprint density at radius 1 is 1.19 bits per heavy atom. The molecule has 1 amide bonds. The molecule has 27 heavy (non-hydrogen) atoms. The van der Waals surface area contributed by atoms with Gasteiger partial charge >= 0.3 is 0 Å². The average Bonchev–Trinajstić information content (AvgIpc) is 3.07. The van der Waals surface area contributed by atoms with E-state index in [1.165, 1.54) is 5.56 Å². The molecule has 0 atom stereocenters. The van der Waals surface area contributed by atoms with Crippen LogP contribution in [0.5, 0.6) is 5.75 Å². The number of methoxy groups -OCH3 is 1. The first-order valence-corrected chi connectivity index (χ1v) is 9.62. The van der Waals surface area contributed by atoms with Gasteiger partial charge in [0.1, 0.15) is 10.8 Å². The Balaban J connectivity index is 1.66. The molecule has 0 N–H and O–H groups in total. The third-order valence-electron chi connectivity index (χ3n) is 4.45. The van der Waals surface area contributed by atoms with Crippen molar-refractivity contribution in [3.05, 3.63) is 64.9 Å². The maximum atomic E-state index is 12.6. The normalized spacial score (nSPS) is 10.6. The van der Waals surface area contributed by atoms with Crippen LogP contribution in [0.2, 0.25) is 0 Å². The zero-order chi connectivity index (χ0) is 19.2. The summed E-state index contributed by atoms with van der Waals surface area (Å²) in [6, 6.07) is 11.8. The number of aromatic nitrogens is 2. The molecule has 140 valence electrons. The summed E-state index contributed by atoms with van der Waals surface area (Å²) in [5.74, 6) is 0.890. The van der Waals surface area contributed by atoms with Crippen molar-refractivity contribution in [1.82, 2.24) is 14.9 Å². The Kier molecular flexibility index (Phi) is 6.19. The Morgan fingerprint density at radius 3 is 2.67 bits per heavy atom. The SMILES string of the molecule is COc1ccccc1-c1nc(C)c(CC(=O)N(C)CCc2ccncc2)s1. The van der Waals surface area contributed by atoms with Gasteiger partial charge in [0.2, 0.25) is 5.91 Å². The first-order valence-electron chi connectivity index (χ1n) is 8.81. The Morgan fingerprint density at radius 2 is 1.93 bits per heavy atom. The fourth-order valence-corrected chi connectivity index (χ4v) is 3.86. The van der Waals surface area contributed by atoms with E-state index in [9.17, 15) is 4.79 Å². The lowest BCUT2D eigenvalue weighted by atomic mass is 10.2. The number of carbonyl (C=O) groups is 1. The molecular formula is C21H23N3O2S. The molecule has 0 unspecified atom stereocenters. The number of para-hydroxylation sites is 1. The Bertz CT molecular complexity index is 909. The van der Waals surface area contributed by atoms with Gasteiger partial charge in [0.05, 0.1) is 24.8 Å². The van der Waals surface area contributed by atoms with Crippen molar-refractivity contribution >= 4 is 17.2 Å². The smallest absolute Gasteiger partial charge is 0.227 e. The minimum absolute atomic E-state index is 0.0994. The fourth-order valence-electron chi connectivity index (χ4n) is 2.77. The maximum Gasteiger partial charge on any atom is 0.227 e. The zero-order valence-corrected chi connectivity index (χ0v) is 16.6. The summed E-state index contributed by atoms with van der Waals surface area (Å²) in [5.41, 5.74) is 3.03. The number of benzene rings is 1. The molecule has 0 aliphatic rings. The maximum absolute atomic E-state index is 12.6. The van der Waals surface area contributed by atoms with Gasteiger partial charge in [-0.2, -0.15) is 0 Å². The molecule has 6 heteroatoms. The molecule has 3 aromatic rings. The molecule has 0 spiro atoms. The average molecular weight is 382 g/mol. The zero-order valence-electron chi connectivity index (χ0n) is 15.8. The summed E-state index contributed by atoms with van der Waals surface area (Å²) >= 11 is 1.56. The van der Waals surface area contributed by atoms with Crippen LogP contribution in [-0.4, -0.2) is 41.5 Å². The highest BCUT2D eigenvalue weighted by atomic mass is 32.1. The second kappa shape index (κ2) is 8.77. The Hall–Kier alpha value is -2.73. The van der Waals surface area contributed by atoms with Gasteiger partial charge in [-0.15, -0.1) is 11.3 Å². The van der Waals surface area contributed by atoms with Crippen molar-refractivity contribution in [3.63, 3.8) is 0 Å². The van der Waals surface area contributed by atoms with Gasteiger partial charge in [-0.05, 0) is 43.2 Å². The minimum Gasteiger partial charge on any atom is -0.496 e. The number of likely N-dealkylation sites (N-methyl/N-ethyl adjacent to an activating group) is 1. The summed E-state index contributed by atoms with van der Waals surface area (Å²) in [4.78, 5) is 24.1. The fraction of sp³-hybridized carbons (Fsp3) is 0.286. The first-order chi connectivity index (χ1) is 13.1. The van der Waals surface area contributed by atoms with E-state index in [0.29, 0.717) is 13.0 Å². The number of hydrogen-bond acceptors (Lipinski definition) is 5. The van der Waals surface area contributed by atoms with Crippen LogP contribution in [-0.2, 0) is 17.6 Å². The predicted molar refractivity (Wildman–Crippen MR) is 108 cm³/mol. The molecular weight excluding hydrogens is 358 g/mol. The van der Waals surface area contributed by atoms with Crippen molar-refractivity contribution in [2.75, 3.05) is 20.7 Å². The second-order valence-electron chi connectivity index (χ2n) is 6.33. The first kappa shape index (κ1) is 19.0. The van der Waals surface area contributed by atoms with Crippen molar-refractivity contribution in [3.8, 4) is 16.3 Å². The van der Waals surface area contributed by atoms with Gasteiger partial charge in [-0.25, -0.2) is 4.98 Å². The van der Waals surface area contributed by atoms with Crippen LogP contribution in [0.4, 0.5) is 0 Å². The topological polar surface area (TPSA) is 55.3 Å². The second-order valence-corrected chi connectivity index (χ2v) is 7.41. The van der Waals surface area contributed by atoms with E-state index in [0.717, 1.165) is 33.3 Å². The third kappa shape index (κ3) is 4.71. The number of thiazole rings is 1. The van der Waals surface area contributed by atoms with Crippen LogP contribution < -0.4 is 4.74 Å². The lowest BCUT2D eigenvalue weighted by Crippen LogP contribution is -2.30. The molecule has 0 radical (unpaired) electrons. The number of aryl methyl sites for hydroxylation is 1. The van der Waals surface area contributed by atoms with Gasteiger partial charge in [0.25, 0.3) is 0 Å². The van der Waals surface area contributed by atoms with E-state index in [1.807, 2.05) is 50.4 Å². The highest BCUT2D eigenvalue weighted by Crippen LogP contribution is 2.34. The predicted octanol–water partition coefficient (Wildman–Crippen LogP) is 3.77. The molecule has 3 rings (SSSR count). The molecule has 5 nitrogen and oxygen atoms in total. The number of nitrogens with zero attached hydrogens (tertiary/aromatic N) is 3. The summed E-state index contributed by atoms with van der Waals surface area (Å²) in [7, 11) is 3.50. The molecule has 0 saturated heterocycles. The summed E-state index contributed by atoms with van der Waals surface area (Å²) in [6.07, 6.45) is 4.73. The van der Waals surface area contributed by atoms with Crippen LogP contribution in [0.1, 0.15) is 16.1 Å². The molecule has 2 aromatic heterocycles. The number of pyridine rings is 1. The van der Waals surface area contributed by atoms with Crippen LogP contribution in [0.25, 0.3) is 10.6 Å². The molecule has 0 saturated carbocycles. The van der Waals surface area contributed by atoms with E-state index in [-0.39, 0.29) is 5.91 Å². The quantitative estimate of drug-likeness (QED) is 0.625.